The van der Waals surface area contributed by atoms with E-state index in [0.717, 1.165) is 38.2 Å². The van der Waals surface area contributed by atoms with Crippen LogP contribution in [0.15, 0.2) is 17.1 Å². The summed E-state index contributed by atoms with van der Waals surface area (Å²) < 4.78 is 3.42. The van der Waals surface area contributed by atoms with Gasteiger partial charge in [-0.15, -0.1) is 0 Å². The molecule has 8 heteroatoms. The summed E-state index contributed by atoms with van der Waals surface area (Å²) in [6, 6.07) is 1.78. The number of carbonyl (C=O) groups excluding carboxylic acids is 1. The van der Waals surface area contributed by atoms with Gasteiger partial charge in [-0.05, 0) is 32.3 Å². The Bertz CT molecular complexity index is 759. The third kappa shape index (κ3) is 3.00. The molecule has 2 aromatic rings. The summed E-state index contributed by atoms with van der Waals surface area (Å²) in [6.45, 7) is 6.62. The fraction of sp³-hybridized carbons (Fsp3) is 0.625. The van der Waals surface area contributed by atoms with Crippen LogP contribution >= 0.6 is 0 Å². The van der Waals surface area contributed by atoms with Gasteiger partial charge in [0.2, 0.25) is 0 Å². The first-order chi connectivity index (χ1) is 11.7. The van der Waals surface area contributed by atoms with E-state index in [-0.39, 0.29) is 17.5 Å². The maximum absolute atomic E-state index is 12.9. The van der Waals surface area contributed by atoms with Crippen molar-refractivity contribution in [2.24, 2.45) is 0 Å². The number of rotatable bonds is 5. The molecule has 2 aromatic heterocycles. The van der Waals surface area contributed by atoms with Crippen LogP contribution in [0.2, 0.25) is 0 Å². The number of H-pyrrole nitrogens is 1. The van der Waals surface area contributed by atoms with Crippen molar-refractivity contribution in [1.29, 1.82) is 0 Å². The molecule has 0 radical (unpaired) electrons. The van der Waals surface area contributed by atoms with Gasteiger partial charge in [0.25, 0.3) is 5.91 Å². The Balaban J connectivity index is 1.79. The van der Waals surface area contributed by atoms with E-state index in [1.165, 1.54) is 0 Å². The van der Waals surface area contributed by atoms with E-state index >= 15 is 0 Å². The molecule has 0 aromatic carbocycles. The van der Waals surface area contributed by atoms with Crippen LogP contribution in [0.25, 0.3) is 0 Å². The predicted molar refractivity (Wildman–Crippen MR) is 88.9 cm³/mol. The molecule has 1 unspecified atom stereocenters. The molecular formula is C16H24N6O2. The molecule has 1 atom stereocenters. The van der Waals surface area contributed by atoms with Gasteiger partial charge in [0.1, 0.15) is 11.5 Å². The Hall–Kier alpha value is -2.38. The summed E-state index contributed by atoms with van der Waals surface area (Å²) in [5.41, 5.74) is 0.449. The molecule has 1 aliphatic rings. The van der Waals surface area contributed by atoms with Gasteiger partial charge in [-0.1, -0.05) is 6.92 Å². The van der Waals surface area contributed by atoms with Gasteiger partial charge >= 0.3 is 5.69 Å². The van der Waals surface area contributed by atoms with Crippen LogP contribution in [0.1, 0.15) is 55.3 Å². The van der Waals surface area contributed by atoms with Crippen molar-refractivity contribution in [3.63, 3.8) is 0 Å². The maximum Gasteiger partial charge on any atom is 0.343 e. The minimum Gasteiger partial charge on any atom is -0.337 e. The number of likely N-dealkylation sites (tertiary alicyclic amines) is 1. The third-order valence-electron chi connectivity index (χ3n) is 4.55. The summed E-state index contributed by atoms with van der Waals surface area (Å²) in [4.78, 5) is 26.5. The molecule has 1 amide bonds. The molecule has 1 fully saturated rings. The number of hydrogen-bond donors (Lipinski definition) is 1. The monoisotopic (exact) mass is 332 g/mol. The number of aromatic amines is 1. The van der Waals surface area contributed by atoms with Crippen LogP contribution in [0, 0.1) is 0 Å². The van der Waals surface area contributed by atoms with Crippen molar-refractivity contribution >= 4 is 5.91 Å². The summed E-state index contributed by atoms with van der Waals surface area (Å²) in [5, 5.41) is 10.9. The highest BCUT2D eigenvalue weighted by atomic mass is 16.2. The van der Waals surface area contributed by atoms with Crippen LogP contribution in [0.5, 0.6) is 0 Å². The summed E-state index contributed by atoms with van der Waals surface area (Å²) in [6.07, 6.45) is 4.44. The number of nitrogens with one attached hydrogen (secondary N) is 1. The number of aryl methyl sites for hydroxylation is 1. The number of hydrogen-bond acceptors (Lipinski definition) is 4. The maximum atomic E-state index is 12.9. The molecule has 130 valence electrons. The molecule has 1 N–H and O–H groups in total. The largest absolute Gasteiger partial charge is 0.343 e. The van der Waals surface area contributed by atoms with Gasteiger partial charge in [0.05, 0.1) is 0 Å². The lowest BCUT2D eigenvalue weighted by Gasteiger charge is -2.32. The van der Waals surface area contributed by atoms with Crippen molar-refractivity contribution in [2.45, 2.75) is 52.1 Å². The Morgan fingerprint density at radius 2 is 2.25 bits per heavy atom. The van der Waals surface area contributed by atoms with Gasteiger partial charge in [0.15, 0.2) is 0 Å². The first-order valence-corrected chi connectivity index (χ1v) is 8.61. The molecule has 1 aliphatic heterocycles. The molecule has 0 aliphatic carbocycles. The van der Waals surface area contributed by atoms with Gasteiger partial charge < -0.3 is 4.90 Å². The van der Waals surface area contributed by atoms with E-state index in [1.807, 2.05) is 11.8 Å². The second-order valence-corrected chi connectivity index (χ2v) is 6.16. The van der Waals surface area contributed by atoms with Crippen LogP contribution < -0.4 is 5.69 Å². The fourth-order valence-corrected chi connectivity index (χ4v) is 3.39. The van der Waals surface area contributed by atoms with E-state index in [2.05, 4.69) is 22.2 Å². The Morgan fingerprint density at radius 1 is 1.42 bits per heavy atom. The molecule has 0 saturated carbocycles. The van der Waals surface area contributed by atoms with E-state index in [4.69, 9.17) is 0 Å². The van der Waals surface area contributed by atoms with Crippen LogP contribution in [0.4, 0.5) is 0 Å². The zero-order chi connectivity index (χ0) is 17.1. The van der Waals surface area contributed by atoms with Crippen molar-refractivity contribution in [3.05, 3.63) is 34.3 Å². The topological polar surface area (TPSA) is 88.8 Å². The lowest BCUT2D eigenvalue weighted by Crippen LogP contribution is -2.41. The molecule has 8 nitrogen and oxygen atoms in total. The van der Waals surface area contributed by atoms with Gasteiger partial charge in [0, 0.05) is 38.3 Å². The number of carbonyl (C=O) groups is 1. The highest BCUT2D eigenvalue weighted by Gasteiger charge is 2.29. The number of nitrogens with zero attached hydrogens (tertiary/aromatic N) is 5. The first-order valence-electron chi connectivity index (χ1n) is 8.61. The third-order valence-corrected chi connectivity index (χ3v) is 4.55. The quantitative estimate of drug-likeness (QED) is 0.891. The van der Waals surface area contributed by atoms with Crippen LogP contribution in [0.3, 0.4) is 0 Å². The van der Waals surface area contributed by atoms with Crippen molar-refractivity contribution < 1.29 is 4.79 Å². The van der Waals surface area contributed by atoms with E-state index in [1.54, 1.807) is 21.5 Å². The standard InChI is InChI=1S/C16H24N6O2/c1-3-9-22-13(7-8-17-22)15(23)20-10-5-6-12(11-20)14-18-19-16(24)21(14)4-2/h7-8,12H,3-6,9-11H2,1-2H3,(H,19,24). The Kier molecular flexibility index (Phi) is 4.82. The lowest BCUT2D eigenvalue weighted by molar-refractivity contribution is 0.0690. The molecule has 24 heavy (non-hydrogen) atoms. The zero-order valence-corrected chi connectivity index (χ0v) is 14.2. The van der Waals surface area contributed by atoms with Crippen LogP contribution in [-0.4, -0.2) is 48.4 Å². The Morgan fingerprint density at radius 3 is 3.00 bits per heavy atom. The molecular weight excluding hydrogens is 308 g/mol. The summed E-state index contributed by atoms with van der Waals surface area (Å²) >= 11 is 0. The second-order valence-electron chi connectivity index (χ2n) is 6.16. The molecule has 3 heterocycles. The molecule has 3 rings (SSSR count). The highest BCUT2D eigenvalue weighted by Crippen LogP contribution is 2.26. The van der Waals surface area contributed by atoms with Crippen LogP contribution in [-0.2, 0) is 13.1 Å². The van der Waals surface area contributed by atoms with E-state index in [9.17, 15) is 9.59 Å². The molecule has 1 saturated heterocycles. The van der Waals surface area contributed by atoms with Gasteiger partial charge in [-0.25, -0.2) is 9.89 Å². The van der Waals surface area contributed by atoms with Gasteiger partial charge in [-0.2, -0.15) is 10.2 Å². The van der Waals surface area contributed by atoms with Crippen molar-refractivity contribution in [3.8, 4) is 0 Å². The SMILES string of the molecule is CCCn1nccc1C(=O)N1CCCC(c2n[nH]c(=O)n2CC)C1. The molecule has 0 spiro atoms. The second kappa shape index (κ2) is 7.02. The van der Waals surface area contributed by atoms with Crippen molar-refractivity contribution in [2.75, 3.05) is 13.1 Å². The first kappa shape index (κ1) is 16.5. The lowest BCUT2D eigenvalue weighted by atomic mass is 9.97. The minimum atomic E-state index is -0.183. The summed E-state index contributed by atoms with van der Waals surface area (Å²) in [5.74, 6) is 0.845. The fourth-order valence-electron chi connectivity index (χ4n) is 3.39. The highest BCUT2D eigenvalue weighted by molar-refractivity contribution is 5.92. The normalized spacial score (nSPS) is 18.1. The average Bonchev–Trinajstić information content (AvgIpc) is 3.21. The minimum absolute atomic E-state index is 0.00609. The number of aromatic nitrogens is 5. The smallest absolute Gasteiger partial charge is 0.337 e. The number of piperidine rings is 1. The van der Waals surface area contributed by atoms with Crippen molar-refractivity contribution in [1.82, 2.24) is 29.4 Å². The summed E-state index contributed by atoms with van der Waals surface area (Å²) in [7, 11) is 0. The Labute approximate surface area is 140 Å². The van der Waals surface area contributed by atoms with E-state index in [0.29, 0.717) is 18.8 Å². The average molecular weight is 332 g/mol. The zero-order valence-electron chi connectivity index (χ0n) is 14.2. The number of amides is 1. The van der Waals surface area contributed by atoms with Gasteiger partial charge in [-0.3, -0.25) is 14.0 Å². The molecule has 0 bridgehead atoms. The van der Waals surface area contributed by atoms with E-state index < -0.39 is 0 Å². The predicted octanol–water partition coefficient (Wildman–Crippen LogP) is 1.22.